The van der Waals surface area contributed by atoms with Crippen molar-refractivity contribution < 1.29 is 0 Å². The monoisotopic (exact) mass is 343 g/mol. The Hall–Kier alpha value is -2.95. The minimum absolute atomic E-state index is 0.463. The summed E-state index contributed by atoms with van der Waals surface area (Å²) >= 11 is 0. The number of aromatic amines is 1. The molecule has 2 aromatic carbocycles. The van der Waals surface area contributed by atoms with Crippen molar-refractivity contribution in [3.05, 3.63) is 54.4 Å². The zero-order valence-electron chi connectivity index (χ0n) is 14.6. The lowest BCUT2D eigenvalue weighted by atomic mass is 9.88. The van der Waals surface area contributed by atoms with E-state index in [-0.39, 0.29) is 0 Å². The van der Waals surface area contributed by atoms with E-state index in [0.717, 1.165) is 39.3 Å². The van der Waals surface area contributed by atoms with Gasteiger partial charge in [0.2, 0.25) is 0 Å². The van der Waals surface area contributed by atoms with Crippen molar-refractivity contribution >= 4 is 33.4 Å². The zero-order valence-corrected chi connectivity index (χ0v) is 14.6. The number of para-hydroxylation sites is 2. The fourth-order valence-electron chi connectivity index (χ4n) is 3.90. The van der Waals surface area contributed by atoms with Crippen LogP contribution in [-0.2, 0) is 0 Å². The van der Waals surface area contributed by atoms with E-state index in [1.807, 2.05) is 30.3 Å². The van der Waals surface area contributed by atoms with E-state index in [2.05, 4.69) is 33.7 Å². The topological polar surface area (TPSA) is 66.5 Å². The minimum Gasteiger partial charge on any atom is -0.322 e. The third-order valence-electron chi connectivity index (χ3n) is 5.30. The molecule has 4 aromatic rings. The van der Waals surface area contributed by atoms with Gasteiger partial charge in [0.1, 0.15) is 11.6 Å². The largest absolute Gasteiger partial charge is 0.322 e. The SMILES string of the molecule is c1ccc2c(Nc3n[nH]c4ccccc34)nc(C3CCCCC3)nc2c1. The summed E-state index contributed by atoms with van der Waals surface area (Å²) in [7, 11) is 0. The average Bonchev–Trinajstić information content (AvgIpc) is 3.11. The summed E-state index contributed by atoms with van der Waals surface area (Å²) in [5.41, 5.74) is 2.01. The molecule has 0 bridgehead atoms. The van der Waals surface area contributed by atoms with Gasteiger partial charge in [0.15, 0.2) is 5.82 Å². The van der Waals surface area contributed by atoms with Crippen LogP contribution in [0, 0.1) is 0 Å². The highest BCUT2D eigenvalue weighted by molar-refractivity contribution is 5.96. The van der Waals surface area contributed by atoms with Crippen LogP contribution < -0.4 is 5.32 Å². The summed E-state index contributed by atoms with van der Waals surface area (Å²) in [5.74, 6) is 3.07. The number of hydrogen-bond donors (Lipinski definition) is 2. The molecule has 0 saturated heterocycles. The molecule has 0 aliphatic heterocycles. The van der Waals surface area contributed by atoms with Gasteiger partial charge in [0, 0.05) is 16.7 Å². The lowest BCUT2D eigenvalue weighted by Crippen LogP contribution is -2.10. The summed E-state index contributed by atoms with van der Waals surface area (Å²) in [4.78, 5) is 9.80. The van der Waals surface area contributed by atoms with Crippen molar-refractivity contribution in [1.82, 2.24) is 20.2 Å². The van der Waals surface area contributed by atoms with Gasteiger partial charge in [0.05, 0.1) is 11.0 Å². The predicted octanol–water partition coefficient (Wildman–Crippen LogP) is 5.30. The van der Waals surface area contributed by atoms with Crippen LogP contribution in [0.3, 0.4) is 0 Å². The number of benzene rings is 2. The molecule has 5 heteroatoms. The normalized spacial score (nSPS) is 15.5. The standard InChI is InChI=1S/C21H21N5/c1-2-8-14(9-3-1)19-22-17-12-6-4-10-15(17)20(23-19)24-21-16-11-5-7-13-18(16)25-26-21/h4-7,10-14H,1-3,8-9H2,(H2,22,23,24,25,26). The number of H-pyrrole nitrogens is 1. The molecule has 1 fully saturated rings. The first-order valence-corrected chi connectivity index (χ1v) is 9.35. The number of anilines is 2. The highest BCUT2D eigenvalue weighted by atomic mass is 15.2. The Morgan fingerprint density at radius 3 is 2.46 bits per heavy atom. The molecule has 26 heavy (non-hydrogen) atoms. The second kappa shape index (κ2) is 6.41. The van der Waals surface area contributed by atoms with E-state index in [0.29, 0.717) is 5.92 Å². The lowest BCUT2D eigenvalue weighted by Gasteiger charge is -2.21. The first-order valence-electron chi connectivity index (χ1n) is 9.35. The molecule has 130 valence electrons. The molecule has 5 rings (SSSR count). The molecule has 0 atom stereocenters. The fourth-order valence-corrected chi connectivity index (χ4v) is 3.90. The molecule has 5 nitrogen and oxygen atoms in total. The van der Waals surface area contributed by atoms with E-state index in [9.17, 15) is 0 Å². The second-order valence-corrected chi connectivity index (χ2v) is 7.03. The Morgan fingerprint density at radius 1 is 0.808 bits per heavy atom. The summed E-state index contributed by atoms with van der Waals surface area (Å²) in [6, 6.07) is 16.3. The molecule has 0 unspecified atom stereocenters. The maximum absolute atomic E-state index is 4.93. The van der Waals surface area contributed by atoms with Crippen molar-refractivity contribution in [2.45, 2.75) is 38.0 Å². The van der Waals surface area contributed by atoms with E-state index in [1.54, 1.807) is 0 Å². The highest BCUT2D eigenvalue weighted by Crippen LogP contribution is 2.34. The average molecular weight is 343 g/mol. The molecule has 2 heterocycles. The Balaban J connectivity index is 1.61. The number of fused-ring (bicyclic) bond motifs is 2. The molecule has 2 aromatic heterocycles. The molecule has 2 N–H and O–H groups in total. The van der Waals surface area contributed by atoms with Crippen molar-refractivity contribution in [2.24, 2.45) is 0 Å². The van der Waals surface area contributed by atoms with Gasteiger partial charge in [0.25, 0.3) is 0 Å². The summed E-state index contributed by atoms with van der Waals surface area (Å²) in [5, 5.41) is 13.1. The maximum Gasteiger partial charge on any atom is 0.161 e. The van der Waals surface area contributed by atoms with Crippen LogP contribution >= 0.6 is 0 Å². The van der Waals surface area contributed by atoms with Crippen LogP contribution in [-0.4, -0.2) is 20.2 Å². The number of nitrogens with zero attached hydrogens (tertiary/aromatic N) is 3. The van der Waals surface area contributed by atoms with Gasteiger partial charge in [-0.1, -0.05) is 43.5 Å². The Morgan fingerprint density at radius 2 is 1.58 bits per heavy atom. The van der Waals surface area contributed by atoms with E-state index >= 15 is 0 Å². The first kappa shape index (κ1) is 15.3. The van der Waals surface area contributed by atoms with Crippen LogP contribution in [0.5, 0.6) is 0 Å². The summed E-state index contributed by atoms with van der Waals surface area (Å²) < 4.78 is 0. The minimum atomic E-state index is 0.463. The summed E-state index contributed by atoms with van der Waals surface area (Å²) in [6.07, 6.45) is 6.24. The predicted molar refractivity (Wildman–Crippen MR) is 105 cm³/mol. The molecule has 0 radical (unpaired) electrons. The van der Waals surface area contributed by atoms with Crippen LogP contribution in [0.15, 0.2) is 48.5 Å². The molecular formula is C21H21N5. The van der Waals surface area contributed by atoms with Crippen molar-refractivity contribution in [3.8, 4) is 0 Å². The number of hydrogen-bond acceptors (Lipinski definition) is 4. The Bertz CT molecular complexity index is 1060. The van der Waals surface area contributed by atoms with Crippen molar-refractivity contribution in [3.63, 3.8) is 0 Å². The first-order chi connectivity index (χ1) is 12.9. The van der Waals surface area contributed by atoms with Gasteiger partial charge in [-0.05, 0) is 37.1 Å². The second-order valence-electron chi connectivity index (χ2n) is 7.03. The molecule has 0 amide bonds. The molecule has 0 spiro atoms. The third-order valence-corrected chi connectivity index (χ3v) is 5.30. The lowest BCUT2D eigenvalue weighted by molar-refractivity contribution is 0.430. The third kappa shape index (κ3) is 2.69. The van der Waals surface area contributed by atoms with Gasteiger partial charge in [-0.15, -0.1) is 0 Å². The molecule has 1 aliphatic carbocycles. The van der Waals surface area contributed by atoms with Crippen LogP contribution in [0.1, 0.15) is 43.8 Å². The van der Waals surface area contributed by atoms with Crippen LogP contribution in [0.4, 0.5) is 11.6 Å². The molecule has 1 aliphatic rings. The van der Waals surface area contributed by atoms with Crippen LogP contribution in [0.25, 0.3) is 21.8 Å². The van der Waals surface area contributed by atoms with Gasteiger partial charge < -0.3 is 5.32 Å². The fraction of sp³-hybridized carbons (Fsp3) is 0.286. The molecule has 1 saturated carbocycles. The maximum atomic E-state index is 4.93. The van der Waals surface area contributed by atoms with Crippen molar-refractivity contribution in [1.29, 1.82) is 0 Å². The van der Waals surface area contributed by atoms with Gasteiger partial charge in [-0.3, -0.25) is 5.10 Å². The quantitative estimate of drug-likeness (QED) is 0.530. The van der Waals surface area contributed by atoms with Gasteiger partial charge >= 0.3 is 0 Å². The number of rotatable bonds is 3. The van der Waals surface area contributed by atoms with E-state index < -0.39 is 0 Å². The zero-order chi connectivity index (χ0) is 17.3. The Kier molecular flexibility index (Phi) is 3.77. The number of aromatic nitrogens is 4. The number of nitrogens with one attached hydrogen (secondary N) is 2. The van der Waals surface area contributed by atoms with E-state index in [1.165, 1.54) is 32.1 Å². The molecular weight excluding hydrogens is 322 g/mol. The van der Waals surface area contributed by atoms with Crippen molar-refractivity contribution in [2.75, 3.05) is 5.32 Å². The van der Waals surface area contributed by atoms with Gasteiger partial charge in [-0.2, -0.15) is 5.10 Å². The smallest absolute Gasteiger partial charge is 0.161 e. The highest BCUT2D eigenvalue weighted by Gasteiger charge is 2.20. The Labute approximate surface area is 151 Å². The van der Waals surface area contributed by atoms with Crippen LogP contribution in [0.2, 0.25) is 0 Å². The van der Waals surface area contributed by atoms with E-state index in [4.69, 9.17) is 9.97 Å². The van der Waals surface area contributed by atoms with Gasteiger partial charge in [-0.25, -0.2) is 9.97 Å². The summed E-state index contributed by atoms with van der Waals surface area (Å²) in [6.45, 7) is 0.